The maximum Gasteiger partial charge on any atom is 0.305 e. The van der Waals surface area contributed by atoms with Crippen LogP contribution in [-0.4, -0.2) is 47.0 Å². The molecule has 1 amide bonds. The molecule has 0 spiro atoms. The first-order valence-corrected chi connectivity index (χ1v) is 11.7. The molecule has 1 aromatic heterocycles. The van der Waals surface area contributed by atoms with Gasteiger partial charge in [0.15, 0.2) is 5.69 Å². The van der Waals surface area contributed by atoms with E-state index in [0.717, 1.165) is 5.56 Å². The van der Waals surface area contributed by atoms with Crippen LogP contribution in [-0.2, 0) is 17.8 Å². The number of nitrogens with one attached hydrogen (secondary N) is 1. The summed E-state index contributed by atoms with van der Waals surface area (Å²) in [7, 11) is 3.16. The summed E-state index contributed by atoms with van der Waals surface area (Å²) in [6.45, 7) is 4.71. The van der Waals surface area contributed by atoms with Gasteiger partial charge in [-0.15, -0.1) is 0 Å². The second kappa shape index (κ2) is 12.1. The van der Waals surface area contributed by atoms with Gasteiger partial charge < -0.3 is 19.9 Å². The number of carboxylic acid groups (broad SMARTS) is 1. The Labute approximate surface area is 205 Å². The van der Waals surface area contributed by atoms with Crippen LogP contribution in [0.15, 0.2) is 54.6 Å². The maximum absolute atomic E-state index is 13.2. The van der Waals surface area contributed by atoms with Crippen LogP contribution < -0.4 is 14.8 Å². The number of carboxylic acids is 1. The van der Waals surface area contributed by atoms with Crippen molar-refractivity contribution < 1.29 is 24.2 Å². The Morgan fingerprint density at radius 2 is 1.69 bits per heavy atom. The Balaban J connectivity index is 1.90. The van der Waals surface area contributed by atoms with Gasteiger partial charge in [-0.05, 0) is 42.5 Å². The molecular formula is C27H33N3O5. The van der Waals surface area contributed by atoms with Crippen molar-refractivity contribution in [3.8, 4) is 22.8 Å². The Bertz CT molecular complexity index is 1120. The molecule has 0 unspecified atom stereocenters. The molecule has 8 heteroatoms. The van der Waals surface area contributed by atoms with E-state index in [1.807, 2.05) is 48.5 Å². The van der Waals surface area contributed by atoms with Gasteiger partial charge in [0.25, 0.3) is 5.91 Å². The van der Waals surface area contributed by atoms with E-state index >= 15 is 0 Å². The van der Waals surface area contributed by atoms with Crippen LogP contribution in [0.25, 0.3) is 11.3 Å². The molecule has 35 heavy (non-hydrogen) atoms. The van der Waals surface area contributed by atoms with E-state index in [4.69, 9.17) is 9.47 Å². The first-order valence-electron chi connectivity index (χ1n) is 11.7. The van der Waals surface area contributed by atoms with Crippen molar-refractivity contribution in [2.24, 2.45) is 5.92 Å². The summed E-state index contributed by atoms with van der Waals surface area (Å²) in [4.78, 5) is 24.6. The van der Waals surface area contributed by atoms with Gasteiger partial charge in [0.2, 0.25) is 0 Å². The number of rotatable bonds is 12. The molecule has 2 N–H and O–H groups in total. The average molecular weight is 480 g/mol. The first kappa shape index (κ1) is 25.8. The number of methoxy groups -OCH3 is 2. The van der Waals surface area contributed by atoms with Gasteiger partial charge in [-0.25, -0.2) is 0 Å². The summed E-state index contributed by atoms with van der Waals surface area (Å²) < 4.78 is 12.9. The van der Waals surface area contributed by atoms with Crippen molar-refractivity contribution in [3.63, 3.8) is 0 Å². The summed E-state index contributed by atoms with van der Waals surface area (Å²) in [6, 6.07) is 16.5. The number of ether oxygens (including phenoxy) is 2. The summed E-state index contributed by atoms with van der Waals surface area (Å²) >= 11 is 0. The molecule has 3 rings (SSSR count). The molecule has 0 bridgehead atoms. The Hall–Kier alpha value is -3.81. The molecule has 186 valence electrons. The lowest BCUT2D eigenvalue weighted by atomic mass is 10.0. The maximum atomic E-state index is 13.2. The van der Waals surface area contributed by atoms with Gasteiger partial charge in [0.1, 0.15) is 11.5 Å². The van der Waals surface area contributed by atoms with Crippen molar-refractivity contribution in [1.29, 1.82) is 0 Å². The number of hydrogen-bond donors (Lipinski definition) is 2. The van der Waals surface area contributed by atoms with Crippen molar-refractivity contribution in [2.45, 2.75) is 45.7 Å². The summed E-state index contributed by atoms with van der Waals surface area (Å²) in [5.74, 6) is 0.103. The highest BCUT2D eigenvalue weighted by Gasteiger charge is 2.24. The Kier molecular flexibility index (Phi) is 8.89. The third-order valence-corrected chi connectivity index (χ3v) is 5.62. The van der Waals surface area contributed by atoms with Crippen molar-refractivity contribution in [1.82, 2.24) is 15.1 Å². The van der Waals surface area contributed by atoms with Gasteiger partial charge in [-0.3, -0.25) is 14.3 Å². The summed E-state index contributed by atoms with van der Waals surface area (Å²) in [6.07, 6.45) is 0.991. The van der Waals surface area contributed by atoms with Gasteiger partial charge in [0, 0.05) is 12.6 Å². The summed E-state index contributed by atoms with van der Waals surface area (Å²) in [5.41, 5.74) is 2.70. The average Bonchev–Trinajstić information content (AvgIpc) is 3.25. The van der Waals surface area contributed by atoms with E-state index in [2.05, 4.69) is 24.3 Å². The second-order valence-corrected chi connectivity index (χ2v) is 8.82. The molecule has 0 saturated heterocycles. The number of benzene rings is 2. The topological polar surface area (TPSA) is 103 Å². The number of carbonyl (C=O) groups is 2. The van der Waals surface area contributed by atoms with Crippen LogP contribution in [0.1, 0.15) is 42.7 Å². The smallest absolute Gasteiger partial charge is 0.305 e. The third kappa shape index (κ3) is 6.85. The van der Waals surface area contributed by atoms with Gasteiger partial charge in [0.05, 0.1) is 31.9 Å². The molecule has 8 nitrogen and oxygen atoms in total. The molecule has 0 aliphatic rings. The molecule has 0 aliphatic heterocycles. The van der Waals surface area contributed by atoms with Crippen LogP contribution in [0.2, 0.25) is 0 Å². The number of aromatic nitrogens is 2. The molecule has 1 atom stereocenters. The number of amides is 1. The molecule has 0 aliphatic carbocycles. The van der Waals surface area contributed by atoms with Gasteiger partial charge in [-0.1, -0.05) is 50.2 Å². The molecule has 0 radical (unpaired) electrons. The lowest BCUT2D eigenvalue weighted by Gasteiger charge is -2.16. The molecule has 2 aromatic carbocycles. The fourth-order valence-electron chi connectivity index (χ4n) is 4.00. The molecule has 1 heterocycles. The largest absolute Gasteiger partial charge is 0.496 e. The third-order valence-electron chi connectivity index (χ3n) is 5.62. The van der Waals surface area contributed by atoms with Crippen molar-refractivity contribution >= 4 is 11.9 Å². The SMILES string of the molecule is COc1cccc(OC)c1-c1cc(C(=O)N[C@@H](CCc2ccccc2)CC(=O)O)nn1CC(C)C. The Morgan fingerprint density at radius 1 is 1.03 bits per heavy atom. The lowest BCUT2D eigenvalue weighted by molar-refractivity contribution is -0.137. The minimum atomic E-state index is -0.965. The number of aryl methyl sites for hydroxylation is 1. The predicted molar refractivity (Wildman–Crippen MR) is 134 cm³/mol. The van der Waals surface area contributed by atoms with E-state index in [9.17, 15) is 14.7 Å². The molecule has 0 saturated carbocycles. The van der Waals surface area contributed by atoms with E-state index < -0.39 is 17.9 Å². The Morgan fingerprint density at radius 3 is 2.26 bits per heavy atom. The minimum Gasteiger partial charge on any atom is -0.496 e. The molecular weight excluding hydrogens is 446 g/mol. The number of hydrogen-bond acceptors (Lipinski definition) is 5. The van der Waals surface area contributed by atoms with Gasteiger partial charge in [-0.2, -0.15) is 5.10 Å². The minimum absolute atomic E-state index is 0.168. The van der Waals surface area contributed by atoms with Crippen LogP contribution >= 0.6 is 0 Å². The highest BCUT2D eigenvalue weighted by Crippen LogP contribution is 2.38. The number of aliphatic carboxylic acids is 1. The van der Waals surface area contributed by atoms with Crippen LogP contribution in [0, 0.1) is 5.92 Å². The normalized spacial score (nSPS) is 11.8. The zero-order valence-electron chi connectivity index (χ0n) is 20.7. The van der Waals surface area contributed by atoms with Crippen LogP contribution in [0.4, 0.5) is 0 Å². The first-order chi connectivity index (χ1) is 16.8. The number of carbonyl (C=O) groups excluding carboxylic acids is 1. The predicted octanol–water partition coefficient (Wildman–Crippen LogP) is 4.43. The summed E-state index contributed by atoms with van der Waals surface area (Å²) in [5, 5.41) is 16.8. The zero-order chi connectivity index (χ0) is 25.4. The van der Waals surface area contributed by atoms with Crippen LogP contribution in [0.3, 0.4) is 0 Å². The monoisotopic (exact) mass is 479 g/mol. The molecule has 0 fully saturated rings. The van der Waals surface area contributed by atoms with E-state index in [1.165, 1.54) is 0 Å². The zero-order valence-corrected chi connectivity index (χ0v) is 20.7. The van der Waals surface area contributed by atoms with Gasteiger partial charge >= 0.3 is 5.97 Å². The van der Waals surface area contributed by atoms with E-state index in [-0.39, 0.29) is 18.0 Å². The highest BCUT2D eigenvalue weighted by molar-refractivity contribution is 5.94. The lowest BCUT2D eigenvalue weighted by Crippen LogP contribution is -2.37. The quantitative estimate of drug-likeness (QED) is 0.398. The number of nitrogens with zero attached hydrogens (tertiary/aromatic N) is 2. The fraction of sp³-hybridized carbons (Fsp3) is 0.370. The standard InChI is InChI=1S/C27H33N3O5/c1-18(2)17-30-22(26-23(34-3)11-8-12-24(26)35-4)16-21(29-30)27(33)28-20(15-25(31)32)14-13-19-9-6-5-7-10-19/h5-12,16,18,20H,13-15,17H2,1-4H3,(H,28,33)(H,31,32)/t20-/m0/s1. The molecule has 3 aromatic rings. The van der Waals surface area contributed by atoms with E-state index in [1.54, 1.807) is 25.0 Å². The fourth-order valence-corrected chi connectivity index (χ4v) is 4.00. The van der Waals surface area contributed by atoms with Crippen LogP contribution in [0.5, 0.6) is 11.5 Å². The van der Waals surface area contributed by atoms with Crippen molar-refractivity contribution in [3.05, 3.63) is 65.9 Å². The van der Waals surface area contributed by atoms with Crippen molar-refractivity contribution in [2.75, 3.05) is 14.2 Å². The van der Waals surface area contributed by atoms with E-state index in [0.29, 0.717) is 42.1 Å². The second-order valence-electron chi connectivity index (χ2n) is 8.82. The highest BCUT2D eigenvalue weighted by atomic mass is 16.5.